The Morgan fingerprint density at radius 3 is 1.82 bits per heavy atom. The Morgan fingerprint density at radius 1 is 0.853 bits per heavy atom. The third-order valence-electron chi connectivity index (χ3n) is 5.73. The molecule has 0 aromatic carbocycles. The number of carbonyl (C=O) groups excluding carboxylic acids is 2. The molecule has 1 aromatic heterocycles. The minimum Gasteiger partial charge on any atom is -0.494 e. The highest BCUT2D eigenvalue weighted by atomic mass is 32.2. The van der Waals surface area contributed by atoms with E-state index in [2.05, 4.69) is 21.4 Å². The molecule has 1 amide bonds. The van der Waals surface area contributed by atoms with Crippen LogP contribution in [0.3, 0.4) is 0 Å². The predicted octanol–water partition coefficient (Wildman–Crippen LogP) is 5.42. The molecule has 1 N–H and O–H groups in total. The van der Waals surface area contributed by atoms with Gasteiger partial charge in [0.25, 0.3) is 5.91 Å². The highest BCUT2D eigenvalue weighted by Gasteiger charge is 2.20. The monoisotopic (exact) mass is 498 g/mol. The summed E-state index contributed by atoms with van der Waals surface area (Å²) in [5.41, 5.74) is -0.110. The number of unbranched alkanes of at least 4 members (excludes halogenated alkanes) is 13. The van der Waals surface area contributed by atoms with Gasteiger partial charge in [-0.1, -0.05) is 90.4 Å². The number of nitrogens with one attached hydrogen (secondary N) is 1. The maximum absolute atomic E-state index is 12.3. The maximum Gasteiger partial charge on any atom is 0.360 e. The molecule has 1 rings (SSSR count). The number of hydrogen-bond acceptors (Lipinski definition) is 7. The summed E-state index contributed by atoms with van der Waals surface area (Å²) >= 11 is 0. The maximum atomic E-state index is 12.3. The van der Waals surface area contributed by atoms with E-state index in [4.69, 9.17) is 4.74 Å². The van der Waals surface area contributed by atoms with Gasteiger partial charge in [-0.25, -0.2) is 22.9 Å². The number of hydrogen-bond donors (Lipinski definition) is 1. The summed E-state index contributed by atoms with van der Waals surface area (Å²) in [6, 6.07) is 1.26. The van der Waals surface area contributed by atoms with E-state index < -0.39 is 21.9 Å². The van der Waals surface area contributed by atoms with Crippen LogP contribution < -0.4 is 9.46 Å². The highest BCUT2D eigenvalue weighted by molar-refractivity contribution is 7.90. The summed E-state index contributed by atoms with van der Waals surface area (Å²) in [5.74, 6) is -1.60. The zero-order valence-electron chi connectivity index (χ0n) is 21.1. The molecule has 0 saturated carbocycles. The van der Waals surface area contributed by atoms with Gasteiger partial charge in [0.1, 0.15) is 0 Å². The van der Waals surface area contributed by atoms with E-state index in [9.17, 15) is 18.0 Å². The Hall–Kier alpha value is -2.16. The molecule has 0 aliphatic heterocycles. The standard InChI is InChI=1S/C25H42N2O6S/c1-4-5-6-7-8-9-10-11-12-13-14-15-16-17-18-34(30,31)27-24(28)21-19-22(32-2)23(26-20-21)25(29)33-3/h19-20H,4-18H2,1-3H3,(H,27,28). The molecule has 1 aromatic rings. The van der Waals surface area contributed by atoms with Crippen LogP contribution in [-0.2, 0) is 14.8 Å². The third-order valence-corrected chi connectivity index (χ3v) is 7.05. The zero-order valence-corrected chi connectivity index (χ0v) is 21.9. The summed E-state index contributed by atoms with van der Waals surface area (Å²) in [7, 11) is -1.24. The van der Waals surface area contributed by atoms with Gasteiger partial charge in [0.15, 0.2) is 11.4 Å². The number of rotatable bonds is 19. The van der Waals surface area contributed by atoms with E-state index in [1.807, 2.05) is 0 Å². The fraction of sp³-hybridized carbons (Fsp3) is 0.720. The quantitative estimate of drug-likeness (QED) is 0.200. The number of esters is 1. The first-order chi connectivity index (χ1) is 16.3. The van der Waals surface area contributed by atoms with Gasteiger partial charge in [-0.2, -0.15) is 0 Å². The smallest absolute Gasteiger partial charge is 0.360 e. The van der Waals surface area contributed by atoms with Crippen molar-refractivity contribution in [3.63, 3.8) is 0 Å². The molecule has 0 atom stereocenters. The van der Waals surface area contributed by atoms with E-state index in [1.54, 1.807) is 0 Å². The van der Waals surface area contributed by atoms with Gasteiger partial charge in [0.2, 0.25) is 10.0 Å². The lowest BCUT2D eigenvalue weighted by Gasteiger charge is -2.09. The molecule has 0 aliphatic rings. The van der Waals surface area contributed by atoms with Gasteiger partial charge in [0, 0.05) is 6.20 Å². The topological polar surface area (TPSA) is 112 Å². The molecule has 0 fully saturated rings. The van der Waals surface area contributed by atoms with Gasteiger partial charge >= 0.3 is 5.97 Å². The van der Waals surface area contributed by atoms with Crippen LogP contribution in [0.1, 0.15) is 118 Å². The summed E-state index contributed by atoms with van der Waals surface area (Å²) in [5, 5.41) is 0. The average molecular weight is 499 g/mol. The van der Waals surface area contributed by atoms with Crippen LogP contribution in [0.15, 0.2) is 12.3 Å². The number of nitrogens with zero attached hydrogens (tertiary/aromatic N) is 1. The van der Waals surface area contributed by atoms with Gasteiger partial charge in [-0.3, -0.25) is 4.79 Å². The minimum atomic E-state index is -3.76. The molecule has 0 aliphatic carbocycles. The molecule has 8 nitrogen and oxygen atoms in total. The lowest BCUT2D eigenvalue weighted by molar-refractivity contribution is 0.0589. The van der Waals surface area contributed by atoms with Crippen molar-refractivity contribution >= 4 is 21.9 Å². The SMILES string of the molecule is CCCCCCCCCCCCCCCCS(=O)(=O)NC(=O)c1cnc(C(=O)OC)c(OC)c1. The van der Waals surface area contributed by atoms with E-state index in [0.717, 1.165) is 25.5 Å². The fourth-order valence-corrected chi connectivity index (χ4v) is 4.80. The number of ether oxygens (including phenoxy) is 2. The Bertz CT molecular complexity index is 842. The Kier molecular flexibility index (Phi) is 15.2. The number of methoxy groups -OCH3 is 2. The first kappa shape index (κ1) is 29.9. The molecular weight excluding hydrogens is 456 g/mol. The van der Waals surface area contributed by atoms with Crippen LogP contribution in [0.4, 0.5) is 0 Å². The lowest BCUT2D eigenvalue weighted by atomic mass is 10.0. The Labute approximate surface area is 205 Å². The number of carbonyl (C=O) groups is 2. The van der Waals surface area contributed by atoms with Crippen LogP contribution in [-0.4, -0.2) is 45.3 Å². The average Bonchev–Trinajstić information content (AvgIpc) is 2.82. The van der Waals surface area contributed by atoms with E-state index in [-0.39, 0.29) is 22.8 Å². The minimum absolute atomic E-state index is 0.0194. The summed E-state index contributed by atoms with van der Waals surface area (Å²) < 4.78 is 36.2. The second kappa shape index (κ2) is 17.3. The number of pyridine rings is 1. The number of aromatic nitrogens is 1. The molecule has 194 valence electrons. The second-order valence-corrected chi connectivity index (χ2v) is 10.5. The fourth-order valence-electron chi connectivity index (χ4n) is 3.71. The van der Waals surface area contributed by atoms with E-state index >= 15 is 0 Å². The first-order valence-electron chi connectivity index (χ1n) is 12.5. The van der Waals surface area contributed by atoms with Gasteiger partial charge in [-0.05, 0) is 12.5 Å². The van der Waals surface area contributed by atoms with Crippen LogP contribution in [0.25, 0.3) is 0 Å². The van der Waals surface area contributed by atoms with Crippen molar-refractivity contribution in [3.05, 3.63) is 23.5 Å². The number of sulfonamides is 1. The van der Waals surface area contributed by atoms with Crippen molar-refractivity contribution in [1.82, 2.24) is 9.71 Å². The largest absolute Gasteiger partial charge is 0.494 e. The van der Waals surface area contributed by atoms with Crippen LogP contribution in [0.2, 0.25) is 0 Å². The normalized spacial score (nSPS) is 11.3. The molecule has 1 heterocycles. The summed E-state index contributed by atoms with van der Waals surface area (Å²) in [4.78, 5) is 27.8. The molecule has 0 bridgehead atoms. The Morgan fingerprint density at radius 2 is 1.35 bits per heavy atom. The van der Waals surface area contributed by atoms with Gasteiger partial charge in [0.05, 0.1) is 25.5 Å². The van der Waals surface area contributed by atoms with Gasteiger partial charge in [-0.15, -0.1) is 0 Å². The van der Waals surface area contributed by atoms with Crippen molar-refractivity contribution in [2.45, 2.75) is 96.8 Å². The highest BCUT2D eigenvalue weighted by Crippen LogP contribution is 2.19. The molecule has 0 saturated heterocycles. The number of amides is 1. The predicted molar refractivity (Wildman–Crippen MR) is 134 cm³/mol. The molecule has 0 spiro atoms. The molecule has 34 heavy (non-hydrogen) atoms. The van der Waals surface area contributed by atoms with Crippen molar-refractivity contribution < 1.29 is 27.5 Å². The summed E-state index contributed by atoms with van der Waals surface area (Å²) in [6.45, 7) is 2.24. The van der Waals surface area contributed by atoms with E-state index in [0.29, 0.717) is 6.42 Å². The second-order valence-electron chi connectivity index (χ2n) is 8.61. The zero-order chi connectivity index (χ0) is 25.2. The molecule has 9 heteroatoms. The molecule has 0 unspecified atom stereocenters. The first-order valence-corrected chi connectivity index (χ1v) is 14.2. The Balaban J connectivity index is 2.22. The molecular formula is C25H42N2O6S. The van der Waals surface area contributed by atoms with Crippen molar-refractivity contribution in [3.8, 4) is 5.75 Å². The van der Waals surface area contributed by atoms with Crippen LogP contribution >= 0.6 is 0 Å². The van der Waals surface area contributed by atoms with Crippen LogP contribution in [0.5, 0.6) is 5.75 Å². The third kappa shape index (κ3) is 12.3. The van der Waals surface area contributed by atoms with Crippen molar-refractivity contribution in [2.75, 3.05) is 20.0 Å². The summed E-state index contributed by atoms with van der Waals surface area (Å²) in [6.07, 6.45) is 17.7. The van der Waals surface area contributed by atoms with Crippen molar-refractivity contribution in [1.29, 1.82) is 0 Å². The van der Waals surface area contributed by atoms with Crippen LogP contribution in [0, 0.1) is 0 Å². The van der Waals surface area contributed by atoms with E-state index in [1.165, 1.54) is 84.5 Å². The molecule has 0 radical (unpaired) electrons. The lowest BCUT2D eigenvalue weighted by Crippen LogP contribution is -2.32. The van der Waals surface area contributed by atoms with Crippen molar-refractivity contribution in [2.24, 2.45) is 0 Å². The van der Waals surface area contributed by atoms with Gasteiger partial charge < -0.3 is 9.47 Å².